The quantitative estimate of drug-likeness (QED) is 0.719. The van der Waals surface area contributed by atoms with Gasteiger partial charge in [0.25, 0.3) is 5.56 Å². The Morgan fingerprint density at radius 1 is 1.33 bits per heavy atom. The second-order valence-electron chi connectivity index (χ2n) is 5.44. The second kappa shape index (κ2) is 7.21. The molecule has 1 aromatic carbocycles. The third kappa shape index (κ3) is 3.53. The first kappa shape index (κ1) is 16.8. The van der Waals surface area contributed by atoms with Gasteiger partial charge in [-0.1, -0.05) is 19.1 Å². The normalized spacial score (nSPS) is 11.5. The molecule has 0 fully saturated rings. The summed E-state index contributed by atoms with van der Waals surface area (Å²) in [4.78, 5) is 22.5. The Kier molecular flexibility index (Phi) is 5.03. The van der Waals surface area contributed by atoms with Gasteiger partial charge in [0, 0.05) is 11.4 Å². The van der Waals surface area contributed by atoms with Crippen LogP contribution in [0.25, 0.3) is 20.7 Å². The Morgan fingerprint density at radius 3 is 2.75 bits per heavy atom. The fraction of sp³-hybridized carbons (Fsp3) is 0.294. The standard InChI is InChI=1S/C17H18FN3O2S/c1-2-21(7-8-22)10-15-19-13-9-14(24-16(13)17(23)20-15)11-3-5-12(18)6-4-11/h3-6,9,22H,2,7-8,10H2,1H3,(H,19,20,23). The second-order valence-corrected chi connectivity index (χ2v) is 6.49. The van der Waals surface area contributed by atoms with E-state index in [4.69, 9.17) is 5.11 Å². The van der Waals surface area contributed by atoms with E-state index in [1.807, 2.05) is 17.9 Å². The molecule has 0 bridgehead atoms. The zero-order valence-corrected chi connectivity index (χ0v) is 14.1. The number of aromatic nitrogens is 2. The van der Waals surface area contributed by atoms with Crippen LogP contribution in [0, 0.1) is 5.82 Å². The minimum atomic E-state index is -0.290. The van der Waals surface area contributed by atoms with Crippen LogP contribution in [0.15, 0.2) is 35.1 Å². The molecule has 126 valence electrons. The van der Waals surface area contributed by atoms with Crippen molar-refractivity contribution in [2.75, 3.05) is 19.7 Å². The predicted molar refractivity (Wildman–Crippen MR) is 93.7 cm³/mol. The van der Waals surface area contributed by atoms with Crippen LogP contribution in [0.5, 0.6) is 0 Å². The van der Waals surface area contributed by atoms with Crippen molar-refractivity contribution in [2.45, 2.75) is 13.5 Å². The van der Waals surface area contributed by atoms with Crippen molar-refractivity contribution in [1.82, 2.24) is 14.9 Å². The van der Waals surface area contributed by atoms with Crippen molar-refractivity contribution in [2.24, 2.45) is 0 Å². The van der Waals surface area contributed by atoms with E-state index in [1.54, 1.807) is 12.1 Å². The average Bonchev–Trinajstić information content (AvgIpc) is 2.99. The first-order valence-electron chi connectivity index (χ1n) is 7.72. The summed E-state index contributed by atoms with van der Waals surface area (Å²) in [5.74, 6) is 0.285. The van der Waals surface area contributed by atoms with E-state index in [0.717, 1.165) is 17.0 Å². The Balaban J connectivity index is 1.96. The van der Waals surface area contributed by atoms with E-state index < -0.39 is 0 Å². The van der Waals surface area contributed by atoms with Crippen LogP contribution in [-0.4, -0.2) is 39.7 Å². The summed E-state index contributed by atoms with van der Waals surface area (Å²) < 4.78 is 13.6. The minimum Gasteiger partial charge on any atom is -0.395 e. The van der Waals surface area contributed by atoms with E-state index in [-0.39, 0.29) is 18.0 Å². The number of hydrogen-bond acceptors (Lipinski definition) is 5. The summed E-state index contributed by atoms with van der Waals surface area (Å²) in [6.07, 6.45) is 0. The molecule has 3 aromatic rings. The highest BCUT2D eigenvalue weighted by Gasteiger charge is 2.12. The maximum atomic E-state index is 13.1. The van der Waals surface area contributed by atoms with Crippen molar-refractivity contribution in [3.8, 4) is 10.4 Å². The maximum absolute atomic E-state index is 13.1. The van der Waals surface area contributed by atoms with Crippen molar-refractivity contribution >= 4 is 21.6 Å². The smallest absolute Gasteiger partial charge is 0.268 e. The molecule has 0 spiro atoms. The molecule has 0 aliphatic carbocycles. The Hall–Kier alpha value is -2.09. The predicted octanol–water partition coefficient (Wildman–Crippen LogP) is 2.60. The summed E-state index contributed by atoms with van der Waals surface area (Å²) in [6, 6.07) is 8.03. The lowest BCUT2D eigenvalue weighted by molar-refractivity contribution is 0.194. The topological polar surface area (TPSA) is 69.2 Å². The van der Waals surface area contributed by atoms with Gasteiger partial charge in [-0.05, 0) is 30.3 Å². The van der Waals surface area contributed by atoms with E-state index in [2.05, 4.69) is 9.97 Å². The van der Waals surface area contributed by atoms with Gasteiger partial charge in [0.2, 0.25) is 0 Å². The van der Waals surface area contributed by atoms with E-state index >= 15 is 0 Å². The molecule has 0 aliphatic heterocycles. The number of aliphatic hydroxyl groups is 1. The molecule has 0 saturated heterocycles. The number of benzene rings is 1. The van der Waals surface area contributed by atoms with E-state index in [1.165, 1.54) is 23.5 Å². The third-order valence-electron chi connectivity index (χ3n) is 3.80. The number of aromatic amines is 1. The van der Waals surface area contributed by atoms with Crippen molar-refractivity contribution in [3.05, 3.63) is 52.3 Å². The van der Waals surface area contributed by atoms with Crippen molar-refractivity contribution < 1.29 is 9.50 Å². The number of hydrogen-bond donors (Lipinski definition) is 2. The van der Waals surface area contributed by atoms with E-state index in [9.17, 15) is 9.18 Å². The highest BCUT2D eigenvalue weighted by Crippen LogP contribution is 2.30. The lowest BCUT2D eigenvalue weighted by Gasteiger charge is -2.17. The lowest BCUT2D eigenvalue weighted by atomic mass is 10.2. The molecule has 7 heteroatoms. The molecule has 0 aliphatic rings. The number of nitrogens with one attached hydrogen (secondary N) is 1. The Labute approximate surface area is 142 Å². The first-order valence-corrected chi connectivity index (χ1v) is 8.54. The molecule has 5 nitrogen and oxygen atoms in total. The van der Waals surface area contributed by atoms with Crippen LogP contribution >= 0.6 is 11.3 Å². The van der Waals surface area contributed by atoms with Crippen LogP contribution in [0.3, 0.4) is 0 Å². The number of likely N-dealkylation sites (N-methyl/N-ethyl adjacent to an activating group) is 1. The van der Waals surface area contributed by atoms with Gasteiger partial charge in [0.1, 0.15) is 16.3 Å². The minimum absolute atomic E-state index is 0.0630. The van der Waals surface area contributed by atoms with Gasteiger partial charge in [0.15, 0.2) is 0 Å². The van der Waals surface area contributed by atoms with Crippen molar-refractivity contribution in [3.63, 3.8) is 0 Å². The van der Waals surface area contributed by atoms with Crippen LogP contribution in [0.4, 0.5) is 4.39 Å². The Morgan fingerprint density at radius 2 is 2.08 bits per heavy atom. The van der Waals surface area contributed by atoms with Gasteiger partial charge in [0.05, 0.1) is 18.7 Å². The molecule has 24 heavy (non-hydrogen) atoms. The largest absolute Gasteiger partial charge is 0.395 e. The van der Waals surface area contributed by atoms with Gasteiger partial charge in [-0.3, -0.25) is 9.69 Å². The fourth-order valence-corrected chi connectivity index (χ4v) is 3.52. The first-order chi connectivity index (χ1) is 11.6. The van der Waals surface area contributed by atoms with Gasteiger partial charge < -0.3 is 10.1 Å². The van der Waals surface area contributed by atoms with Crippen LogP contribution in [0.2, 0.25) is 0 Å². The summed E-state index contributed by atoms with van der Waals surface area (Å²) in [7, 11) is 0. The number of aliphatic hydroxyl groups excluding tert-OH is 1. The monoisotopic (exact) mass is 347 g/mol. The average molecular weight is 347 g/mol. The van der Waals surface area contributed by atoms with E-state index in [0.29, 0.717) is 29.1 Å². The molecule has 0 unspecified atom stereocenters. The number of H-pyrrole nitrogens is 1. The molecule has 2 aromatic heterocycles. The lowest BCUT2D eigenvalue weighted by Crippen LogP contribution is -2.28. The summed E-state index contributed by atoms with van der Waals surface area (Å²) >= 11 is 1.34. The van der Waals surface area contributed by atoms with Crippen LogP contribution in [-0.2, 0) is 6.54 Å². The summed E-state index contributed by atoms with van der Waals surface area (Å²) in [6.45, 7) is 3.82. The van der Waals surface area contributed by atoms with Gasteiger partial charge in [-0.2, -0.15) is 0 Å². The number of nitrogens with zero attached hydrogens (tertiary/aromatic N) is 2. The number of halogens is 1. The van der Waals surface area contributed by atoms with Crippen LogP contribution in [0.1, 0.15) is 12.7 Å². The molecule has 0 amide bonds. The molecular formula is C17H18FN3O2S. The molecule has 0 saturated carbocycles. The molecule has 0 radical (unpaired) electrons. The maximum Gasteiger partial charge on any atom is 0.268 e. The molecular weight excluding hydrogens is 329 g/mol. The zero-order valence-electron chi connectivity index (χ0n) is 13.3. The highest BCUT2D eigenvalue weighted by atomic mass is 32.1. The Bertz CT molecular complexity index is 889. The molecule has 0 atom stereocenters. The molecule has 2 heterocycles. The molecule has 2 N–H and O–H groups in total. The molecule has 3 rings (SSSR count). The third-order valence-corrected chi connectivity index (χ3v) is 4.97. The summed E-state index contributed by atoms with van der Waals surface area (Å²) in [5.41, 5.74) is 1.32. The van der Waals surface area contributed by atoms with Crippen LogP contribution < -0.4 is 5.56 Å². The SMILES string of the molecule is CCN(CCO)Cc1nc2cc(-c3ccc(F)cc3)sc2c(=O)[nH]1. The van der Waals surface area contributed by atoms with Gasteiger partial charge in [-0.25, -0.2) is 9.37 Å². The fourth-order valence-electron chi connectivity index (χ4n) is 2.52. The zero-order chi connectivity index (χ0) is 17.1. The number of rotatable bonds is 6. The number of thiophene rings is 1. The number of fused-ring (bicyclic) bond motifs is 1. The van der Waals surface area contributed by atoms with Crippen molar-refractivity contribution in [1.29, 1.82) is 0 Å². The van der Waals surface area contributed by atoms with Gasteiger partial charge in [-0.15, -0.1) is 11.3 Å². The summed E-state index contributed by atoms with van der Waals surface area (Å²) in [5, 5.41) is 9.06. The highest BCUT2D eigenvalue weighted by molar-refractivity contribution is 7.22. The van der Waals surface area contributed by atoms with Gasteiger partial charge >= 0.3 is 0 Å².